The molecule has 4 nitrogen and oxygen atoms in total. The summed E-state index contributed by atoms with van der Waals surface area (Å²) < 4.78 is 13.9. The maximum atomic E-state index is 13.9. The number of β-amino-alcohol motifs (C(OH)–C–C–N with tert-alkyl or cyclic N) is 1. The van der Waals surface area contributed by atoms with Crippen LogP contribution in [0.25, 0.3) is 0 Å². The second kappa shape index (κ2) is 3.99. The molecule has 5 N–H and O–H groups in total. The number of anilines is 3. The van der Waals surface area contributed by atoms with E-state index in [1.807, 2.05) is 0 Å². The van der Waals surface area contributed by atoms with Gasteiger partial charge in [0.25, 0.3) is 0 Å². The van der Waals surface area contributed by atoms with E-state index in [0.717, 1.165) is 0 Å². The van der Waals surface area contributed by atoms with E-state index in [9.17, 15) is 9.50 Å². The van der Waals surface area contributed by atoms with Gasteiger partial charge in [0.05, 0.1) is 23.2 Å². The van der Waals surface area contributed by atoms with E-state index in [2.05, 4.69) is 0 Å². The minimum absolute atomic E-state index is 0.120. The lowest BCUT2D eigenvalue weighted by atomic mass is 10.2. The Balaban J connectivity index is 2.44. The van der Waals surface area contributed by atoms with Crippen LogP contribution in [0.15, 0.2) is 6.07 Å². The first-order valence-electron chi connectivity index (χ1n) is 4.96. The zero-order valence-electron chi connectivity index (χ0n) is 8.58. The van der Waals surface area contributed by atoms with Gasteiger partial charge in [-0.1, -0.05) is 11.6 Å². The number of rotatable bonds is 1. The first-order chi connectivity index (χ1) is 7.50. The first-order valence-corrected chi connectivity index (χ1v) is 5.34. The van der Waals surface area contributed by atoms with Crippen molar-refractivity contribution in [1.82, 2.24) is 0 Å². The van der Waals surface area contributed by atoms with Gasteiger partial charge in [0.2, 0.25) is 0 Å². The maximum absolute atomic E-state index is 13.9. The fourth-order valence-corrected chi connectivity index (χ4v) is 2.07. The molecule has 1 aromatic carbocycles. The van der Waals surface area contributed by atoms with Crippen molar-refractivity contribution in [3.63, 3.8) is 0 Å². The molecule has 1 aliphatic rings. The van der Waals surface area contributed by atoms with E-state index >= 15 is 0 Å². The van der Waals surface area contributed by atoms with Gasteiger partial charge >= 0.3 is 0 Å². The molecule has 0 aromatic heterocycles. The van der Waals surface area contributed by atoms with Gasteiger partial charge in [-0.3, -0.25) is 0 Å². The average molecular weight is 246 g/mol. The molecule has 0 aliphatic carbocycles. The van der Waals surface area contributed by atoms with E-state index in [-0.39, 0.29) is 22.1 Å². The number of aliphatic hydroxyl groups excluding tert-OH is 1. The van der Waals surface area contributed by atoms with E-state index < -0.39 is 11.9 Å². The number of nitrogens with zero attached hydrogens (tertiary/aromatic N) is 1. The van der Waals surface area contributed by atoms with Gasteiger partial charge in [0, 0.05) is 13.1 Å². The van der Waals surface area contributed by atoms with Gasteiger partial charge in [-0.05, 0) is 12.5 Å². The summed E-state index contributed by atoms with van der Waals surface area (Å²) in [6.45, 7) is 0.921. The molecule has 0 bridgehead atoms. The van der Waals surface area contributed by atoms with E-state index in [1.165, 1.54) is 6.07 Å². The van der Waals surface area contributed by atoms with Crippen molar-refractivity contribution >= 4 is 28.7 Å². The Labute approximate surface area is 97.6 Å². The predicted molar refractivity (Wildman–Crippen MR) is 63.1 cm³/mol. The Morgan fingerprint density at radius 2 is 2.12 bits per heavy atom. The molecule has 0 spiro atoms. The average Bonchev–Trinajstić information content (AvgIpc) is 2.61. The van der Waals surface area contributed by atoms with Crippen LogP contribution in [0.3, 0.4) is 0 Å². The lowest BCUT2D eigenvalue weighted by Crippen LogP contribution is -2.23. The quantitative estimate of drug-likeness (QED) is 0.650. The molecular weight excluding hydrogens is 233 g/mol. The van der Waals surface area contributed by atoms with Crippen LogP contribution in [0.2, 0.25) is 5.02 Å². The second-order valence-electron chi connectivity index (χ2n) is 3.92. The standard InChI is InChI=1S/C10H13ClFN3O/c11-8-6(13)3-7(14)10(9(8)12)15-2-1-5(16)4-15/h3,5,16H,1-2,4,13-14H2. The number of aliphatic hydroxyl groups is 1. The lowest BCUT2D eigenvalue weighted by molar-refractivity contribution is 0.198. The number of nitrogens with two attached hydrogens (primary N) is 2. The summed E-state index contributed by atoms with van der Waals surface area (Å²) in [5.41, 5.74) is 11.8. The number of benzene rings is 1. The molecule has 1 atom stereocenters. The molecule has 1 fully saturated rings. The van der Waals surface area contributed by atoms with Gasteiger partial charge in [0.15, 0.2) is 5.82 Å². The Morgan fingerprint density at radius 3 is 2.69 bits per heavy atom. The fourth-order valence-electron chi connectivity index (χ4n) is 1.92. The van der Waals surface area contributed by atoms with Gasteiger partial charge in [0.1, 0.15) is 5.02 Å². The van der Waals surface area contributed by atoms with Crippen LogP contribution in [0, 0.1) is 5.82 Å². The molecule has 0 amide bonds. The molecular formula is C10H13ClFN3O. The lowest BCUT2D eigenvalue weighted by Gasteiger charge is -2.21. The largest absolute Gasteiger partial charge is 0.397 e. The van der Waals surface area contributed by atoms with Crippen LogP contribution in [-0.2, 0) is 0 Å². The highest BCUT2D eigenvalue weighted by Crippen LogP contribution is 2.37. The molecule has 6 heteroatoms. The molecule has 88 valence electrons. The minimum atomic E-state index is -0.617. The van der Waals surface area contributed by atoms with Gasteiger partial charge in [-0.25, -0.2) is 4.39 Å². The summed E-state index contributed by atoms with van der Waals surface area (Å²) in [6, 6.07) is 1.44. The predicted octanol–water partition coefficient (Wildman–Crippen LogP) is 1.21. The molecule has 1 heterocycles. The van der Waals surface area contributed by atoms with Crippen molar-refractivity contribution in [2.45, 2.75) is 12.5 Å². The molecule has 16 heavy (non-hydrogen) atoms. The highest BCUT2D eigenvalue weighted by molar-refractivity contribution is 6.33. The van der Waals surface area contributed by atoms with Crippen LogP contribution < -0.4 is 16.4 Å². The molecule has 1 saturated heterocycles. The fraction of sp³-hybridized carbons (Fsp3) is 0.400. The molecule has 1 aromatic rings. The second-order valence-corrected chi connectivity index (χ2v) is 4.30. The SMILES string of the molecule is Nc1cc(N)c(N2CCC(O)C2)c(F)c1Cl. The highest BCUT2D eigenvalue weighted by Gasteiger charge is 2.26. The van der Waals surface area contributed by atoms with E-state index in [0.29, 0.717) is 19.5 Å². The third-order valence-electron chi connectivity index (χ3n) is 2.72. The number of hydrogen-bond acceptors (Lipinski definition) is 4. The van der Waals surface area contributed by atoms with Crippen LogP contribution in [0.1, 0.15) is 6.42 Å². The van der Waals surface area contributed by atoms with Crippen molar-refractivity contribution < 1.29 is 9.50 Å². The van der Waals surface area contributed by atoms with Crippen molar-refractivity contribution in [2.24, 2.45) is 0 Å². The van der Waals surface area contributed by atoms with Crippen LogP contribution >= 0.6 is 11.6 Å². The highest BCUT2D eigenvalue weighted by atomic mass is 35.5. The molecule has 0 saturated carbocycles. The zero-order valence-corrected chi connectivity index (χ0v) is 9.34. The number of hydrogen-bond donors (Lipinski definition) is 3. The topological polar surface area (TPSA) is 75.5 Å². The third-order valence-corrected chi connectivity index (χ3v) is 3.10. The normalized spacial score (nSPS) is 20.4. The van der Waals surface area contributed by atoms with Crippen molar-refractivity contribution in [1.29, 1.82) is 0 Å². The van der Waals surface area contributed by atoms with Gasteiger partial charge in [-0.2, -0.15) is 0 Å². The number of halogens is 2. The Hall–Kier alpha value is -1.20. The Bertz CT molecular complexity index is 427. The monoisotopic (exact) mass is 245 g/mol. The summed E-state index contributed by atoms with van der Waals surface area (Å²) in [5, 5.41) is 9.28. The van der Waals surface area contributed by atoms with Crippen LogP contribution in [0.4, 0.5) is 21.5 Å². The van der Waals surface area contributed by atoms with Crippen LogP contribution in [-0.4, -0.2) is 24.3 Å². The summed E-state index contributed by atoms with van der Waals surface area (Å²) in [7, 11) is 0. The van der Waals surface area contributed by atoms with Crippen molar-refractivity contribution in [3.05, 3.63) is 16.9 Å². The Kier molecular flexibility index (Phi) is 2.82. The molecule has 1 unspecified atom stereocenters. The summed E-state index contributed by atoms with van der Waals surface area (Å²) in [6.07, 6.45) is 0.149. The molecule has 1 aliphatic heterocycles. The Morgan fingerprint density at radius 1 is 1.44 bits per heavy atom. The first kappa shape index (κ1) is 11.3. The van der Waals surface area contributed by atoms with Crippen molar-refractivity contribution in [2.75, 3.05) is 29.5 Å². The third kappa shape index (κ3) is 1.76. The summed E-state index contributed by atoms with van der Waals surface area (Å²) in [4.78, 5) is 1.68. The maximum Gasteiger partial charge on any atom is 0.169 e. The summed E-state index contributed by atoms with van der Waals surface area (Å²) >= 11 is 5.72. The summed E-state index contributed by atoms with van der Waals surface area (Å²) in [5.74, 6) is -0.617. The van der Waals surface area contributed by atoms with Gasteiger partial charge in [-0.15, -0.1) is 0 Å². The van der Waals surface area contributed by atoms with E-state index in [4.69, 9.17) is 23.1 Å². The molecule has 2 rings (SSSR count). The van der Waals surface area contributed by atoms with E-state index in [1.54, 1.807) is 4.90 Å². The molecule has 0 radical (unpaired) electrons. The van der Waals surface area contributed by atoms with Crippen molar-refractivity contribution in [3.8, 4) is 0 Å². The zero-order chi connectivity index (χ0) is 11.9. The van der Waals surface area contributed by atoms with Gasteiger partial charge < -0.3 is 21.5 Å². The number of nitrogen functional groups attached to an aromatic ring is 2. The van der Waals surface area contributed by atoms with Crippen LogP contribution in [0.5, 0.6) is 0 Å². The minimum Gasteiger partial charge on any atom is -0.397 e. The smallest absolute Gasteiger partial charge is 0.169 e.